The Labute approximate surface area is 118 Å². The molecule has 1 aromatic carbocycles. The number of thioether (sulfide) groups is 1. The maximum atomic E-state index is 9.03. The number of benzene rings is 1. The molecule has 0 amide bonds. The highest BCUT2D eigenvalue weighted by molar-refractivity contribution is 7.99. The first-order valence-corrected chi connectivity index (χ1v) is 8.03. The minimum Gasteiger partial charge on any atom is -0.490 e. The third-order valence-corrected chi connectivity index (χ3v) is 5.15. The second kappa shape index (κ2) is 5.73. The van der Waals surface area contributed by atoms with Gasteiger partial charge in [-0.15, -0.1) is 0 Å². The summed E-state index contributed by atoms with van der Waals surface area (Å²) in [5.74, 6) is 3.21. The summed E-state index contributed by atoms with van der Waals surface area (Å²) in [5, 5.41) is 9.03. The van der Waals surface area contributed by atoms with Crippen LogP contribution in [0, 0.1) is 0 Å². The zero-order valence-electron chi connectivity index (χ0n) is 11.0. The summed E-state index contributed by atoms with van der Waals surface area (Å²) in [6.07, 6.45) is 3.38. The lowest BCUT2D eigenvalue weighted by Gasteiger charge is -2.37. The van der Waals surface area contributed by atoms with E-state index in [4.69, 9.17) is 14.6 Å². The van der Waals surface area contributed by atoms with Crippen molar-refractivity contribution >= 4 is 11.8 Å². The lowest BCUT2D eigenvalue weighted by Crippen LogP contribution is -2.43. The minimum atomic E-state index is 0.0681. The smallest absolute Gasteiger partial charge is 0.119 e. The van der Waals surface area contributed by atoms with Crippen molar-refractivity contribution in [1.29, 1.82) is 0 Å². The van der Waals surface area contributed by atoms with Crippen molar-refractivity contribution in [2.45, 2.75) is 37.6 Å². The molecule has 2 atom stereocenters. The molecule has 2 aliphatic heterocycles. The zero-order chi connectivity index (χ0) is 13.1. The molecule has 1 spiro atoms. The maximum Gasteiger partial charge on any atom is 0.119 e. The van der Waals surface area contributed by atoms with Crippen LogP contribution in [0.25, 0.3) is 0 Å². The summed E-state index contributed by atoms with van der Waals surface area (Å²) in [6.45, 7) is 0.887. The summed E-state index contributed by atoms with van der Waals surface area (Å²) in [7, 11) is 0. The third kappa shape index (κ3) is 3.07. The summed E-state index contributed by atoms with van der Waals surface area (Å²) < 4.78 is 12.1. The monoisotopic (exact) mass is 280 g/mol. The van der Waals surface area contributed by atoms with Crippen LogP contribution in [-0.2, 0) is 11.3 Å². The van der Waals surface area contributed by atoms with E-state index in [9.17, 15) is 0 Å². The van der Waals surface area contributed by atoms with E-state index in [-0.39, 0.29) is 18.3 Å². The standard InChI is InChI=1S/C15H20O3S/c16-10-12-1-3-13(4-2-12)18-14-5-7-17-15(9-14)6-8-19-11-15/h1-4,14,16H,5-11H2. The quantitative estimate of drug-likeness (QED) is 0.924. The minimum absolute atomic E-state index is 0.0681. The number of hydrogen-bond donors (Lipinski definition) is 1. The summed E-state index contributed by atoms with van der Waals surface area (Å²) in [6, 6.07) is 7.71. The molecule has 0 bridgehead atoms. The van der Waals surface area contributed by atoms with Crippen molar-refractivity contribution in [1.82, 2.24) is 0 Å². The molecule has 0 saturated carbocycles. The Hall–Kier alpha value is -0.710. The molecule has 0 radical (unpaired) electrons. The van der Waals surface area contributed by atoms with Crippen LogP contribution in [0.1, 0.15) is 24.8 Å². The fourth-order valence-corrected chi connectivity index (χ4v) is 4.19. The first kappa shape index (κ1) is 13.3. The Morgan fingerprint density at radius 1 is 1.37 bits per heavy atom. The average Bonchev–Trinajstić information content (AvgIpc) is 2.88. The van der Waals surface area contributed by atoms with Gasteiger partial charge in [-0.1, -0.05) is 12.1 Å². The molecule has 2 fully saturated rings. The lowest BCUT2D eigenvalue weighted by atomic mass is 9.91. The fourth-order valence-electron chi connectivity index (χ4n) is 2.81. The first-order valence-electron chi connectivity index (χ1n) is 6.88. The molecule has 2 unspecified atom stereocenters. The Balaban J connectivity index is 1.62. The van der Waals surface area contributed by atoms with Crippen molar-refractivity contribution in [3.05, 3.63) is 29.8 Å². The van der Waals surface area contributed by atoms with E-state index in [2.05, 4.69) is 0 Å². The van der Waals surface area contributed by atoms with E-state index in [0.29, 0.717) is 0 Å². The summed E-state index contributed by atoms with van der Waals surface area (Å²) in [4.78, 5) is 0. The molecular weight excluding hydrogens is 260 g/mol. The first-order chi connectivity index (χ1) is 9.30. The van der Waals surface area contributed by atoms with Gasteiger partial charge in [-0.2, -0.15) is 11.8 Å². The van der Waals surface area contributed by atoms with Gasteiger partial charge in [0.15, 0.2) is 0 Å². The van der Waals surface area contributed by atoms with Gasteiger partial charge in [-0.3, -0.25) is 0 Å². The van der Waals surface area contributed by atoms with Crippen molar-refractivity contribution in [3.63, 3.8) is 0 Å². The molecule has 1 aromatic rings. The molecule has 3 nitrogen and oxygen atoms in total. The van der Waals surface area contributed by atoms with Crippen LogP contribution >= 0.6 is 11.8 Å². The predicted molar refractivity (Wildman–Crippen MR) is 76.6 cm³/mol. The Morgan fingerprint density at radius 3 is 2.89 bits per heavy atom. The van der Waals surface area contributed by atoms with Gasteiger partial charge in [-0.25, -0.2) is 0 Å². The molecule has 3 rings (SSSR count). The molecule has 4 heteroatoms. The van der Waals surface area contributed by atoms with Gasteiger partial charge in [0.25, 0.3) is 0 Å². The number of rotatable bonds is 3. The van der Waals surface area contributed by atoms with Crippen LogP contribution in [0.2, 0.25) is 0 Å². The molecular formula is C15H20O3S. The zero-order valence-corrected chi connectivity index (χ0v) is 11.8. The van der Waals surface area contributed by atoms with E-state index in [0.717, 1.165) is 42.9 Å². The van der Waals surface area contributed by atoms with E-state index in [1.54, 1.807) is 0 Å². The molecule has 0 aromatic heterocycles. The molecule has 104 valence electrons. The second-order valence-corrected chi connectivity index (χ2v) is 6.47. The van der Waals surface area contributed by atoms with E-state index in [1.807, 2.05) is 36.0 Å². The van der Waals surface area contributed by atoms with E-state index >= 15 is 0 Å². The van der Waals surface area contributed by atoms with Crippen molar-refractivity contribution in [2.75, 3.05) is 18.1 Å². The molecule has 2 saturated heterocycles. The topological polar surface area (TPSA) is 38.7 Å². The molecule has 19 heavy (non-hydrogen) atoms. The average molecular weight is 280 g/mol. The second-order valence-electron chi connectivity index (χ2n) is 5.37. The van der Waals surface area contributed by atoms with Crippen molar-refractivity contribution in [2.24, 2.45) is 0 Å². The van der Waals surface area contributed by atoms with Crippen molar-refractivity contribution in [3.8, 4) is 5.75 Å². The van der Waals surface area contributed by atoms with Crippen molar-refractivity contribution < 1.29 is 14.6 Å². The van der Waals surface area contributed by atoms with Crippen LogP contribution < -0.4 is 4.74 Å². The van der Waals surface area contributed by atoms with Gasteiger partial charge in [-0.05, 0) is 29.9 Å². The molecule has 2 aliphatic rings. The van der Waals surface area contributed by atoms with E-state index in [1.165, 1.54) is 5.75 Å². The Bertz CT molecular complexity index is 412. The number of ether oxygens (including phenoxy) is 2. The molecule has 2 heterocycles. The normalized spacial score (nSPS) is 30.7. The fraction of sp³-hybridized carbons (Fsp3) is 0.600. The van der Waals surface area contributed by atoms with Gasteiger partial charge in [0.1, 0.15) is 11.9 Å². The summed E-state index contributed by atoms with van der Waals surface area (Å²) >= 11 is 1.98. The van der Waals surface area contributed by atoms with Crippen LogP contribution in [-0.4, -0.2) is 34.9 Å². The van der Waals surface area contributed by atoms with Crippen LogP contribution in [0.15, 0.2) is 24.3 Å². The lowest BCUT2D eigenvalue weighted by molar-refractivity contribution is -0.0958. The van der Waals surface area contributed by atoms with Crippen LogP contribution in [0.5, 0.6) is 5.75 Å². The van der Waals surface area contributed by atoms with Gasteiger partial charge in [0, 0.05) is 18.6 Å². The van der Waals surface area contributed by atoms with Gasteiger partial charge in [0.2, 0.25) is 0 Å². The highest BCUT2D eigenvalue weighted by Crippen LogP contribution is 2.39. The van der Waals surface area contributed by atoms with Crippen LogP contribution in [0.3, 0.4) is 0 Å². The Kier molecular flexibility index (Phi) is 4.01. The SMILES string of the molecule is OCc1ccc(OC2CCOC3(CCSC3)C2)cc1. The third-order valence-electron chi connectivity index (χ3n) is 3.92. The summed E-state index contributed by atoms with van der Waals surface area (Å²) in [5.41, 5.74) is 0.988. The van der Waals surface area contributed by atoms with Gasteiger partial charge < -0.3 is 14.6 Å². The highest BCUT2D eigenvalue weighted by atomic mass is 32.2. The molecule has 1 N–H and O–H groups in total. The highest BCUT2D eigenvalue weighted by Gasteiger charge is 2.41. The maximum absolute atomic E-state index is 9.03. The number of aliphatic hydroxyl groups is 1. The van der Waals surface area contributed by atoms with Crippen LogP contribution in [0.4, 0.5) is 0 Å². The number of hydrogen-bond acceptors (Lipinski definition) is 4. The predicted octanol–water partition coefficient (Wildman–Crippen LogP) is 2.61. The Morgan fingerprint density at radius 2 is 2.21 bits per heavy atom. The van der Waals surface area contributed by atoms with Gasteiger partial charge in [0.05, 0.1) is 18.8 Å². The van der Waals surface area contributed by atoms with Gasteiger partial charge >= 0.3 is 0 Å². The molecule has 0 aliphatic carbocycles. The van der Waals surface area contributed by atoms with E-state index < -0.39 is 0 Å². The largest absolute Gasteiger partial charge is 0.490 e. The number of aliphatic hydroxyl groups excluding tert-OH is 1.